The van der Waals surface area contributed by atoms with Crippen molar-refractivity contribution in [1.82, 2.24) is 9.80 Å². The molecule has 6 rings (SSSR count). The number of benzene rings is 2. The van der Waals surface area contributed by atoms with Crippen molar-refractivity contribution in [2.75, 3.05) is 44.7 Å². The highest BCUT2D eigenvalue weighted by Crippen LogP contribution is 2.42. The van der Waals surface area contributed by atoms with Crippen LogP contribution in [0.15, 0.2) is 48.5 Å². The molecule has 4 heterocycles. The lowest BCUT2D eigenvalue weighted by atomic mass is 9.89. The fourth-order valence-corrected chi connectivity index (χ4v) is 6.84. The smallest absolute Gasteiger partial charge is 0.392 e. The zero-order chi connectivity index (χ0) is 32.5. The Morgan fingerprint density at radius 1 is 0.957 bits per heavy atom. The van der Waals surface area contributed by atoms with E-state index >= 15 is 0 Å². The van der Waals surface area contributed by atoms with E-state index in [4.69, 9.17) is 18.9 Å². The standard InChI is InChI=1S/C33H40F3N3O7/c1-21-27(19-38-15-12-32(13-16-38)43-17-18-44-32)45-30(46-28(21)23-6-4-22(20-40)5-7-23)24-8-10-25(11-9-24)37-29(41)26-3-2-14-39(26)31(42)33(34,35)36/h4-11,21,26-28,30,40H,2-3,12-20H2,1H3,(H,37,41)/t21-,26-,27+,28+,30+/m0/s1. The Labute approximate surface area is 265 Å². The molecule has 0 unspecified atom stereocenters. The second-order valence-electron chi connectivity index (χ2n) is 12.5. The number of nitrogens with one attached hydrogen (secondary N) is 1. The van der Waals surface area contributed by atoms with Crippen LogP contribution in [0.5, 0.6) is 0 Å². The summed E-state index contributed by atoms with van der Waals surface area (Å²) in [7, 11) is 0. The lowest BCUT2D eigenvalue weighted by Crippen LogP contribution is -2.50. The summed E-state index contributed by atoms with van der Waals surface area (Å²) in [6.45, 7) is 5.49. The monoisotopic (exact) mass is 647 g/mol. The maximum Gasteiger partial charge on any atom is 0.471 e. The molecular formula is C33H40F3N3O7. The number of rotatable bonds is 7. The van der Waals surface area contributed by atoms with E-state index in [2.05, 4.69) is 17.1 Å². The molecule has 250 valence electrons. The van der Waals surface area contributed by atoms with E-state index in [-0.39, 0.29) is 37.7 Å². The molecule has 4 aliphatic heterocycles. The van der Waals surface area contributed by atoms with E-state index in [0.717, 1.165) is 37.1 Å². The minimum absolute atomic E-state index is 0.00146. The van der Waals surface area contributed by atoms with Crippen molar-refractivity contribution in [2.45, 2.75) is 75.7 Å². The van der Waals surface area contributed by atoms with E-state index in [1.165, 1.54) is 0 Å². The summed E-state index contributed by atoms with van der Waals surface area (Å²) >= 11 is 0. The number of piperidine rings is 1. The van der Waals surface area contributed by atoms with E-state index in [0.29, 0.717) is 42.3 Å². The van der Waals surface area contributed by atoms with Crippen molar-refractivity contribution in [2.24, 2.45) is 5.92 Å². The molecule has 0 saturated carbocycles. The average Bonchev–Trinajstić information content (AvgIpc) is 3.73. The maximum atomic E-state index is 13.0. The van der Waals surface area contributed by atoms with Gasteiger partial charge in [0.1, 0.15) is 6.04 Å². The Hall–Kier alpha value is -3.07. The zero-order valence-corrected chi connectivity index (χ0v) is 25.7. The molecule has 0 aliphatic carbocycles. The quantitative estimate of drug-likeness (QED) is 0.458. The van der Waals surface area contributed by atoms with E-state index < -0.39 is 36.1 Å². The average molecular weight is 648 g/mol. The van der Waals surface area contributed by atoms with Gasteiger partial charge in [-0.05, 0) is 36.1 Å². The van der Waals surface area contributed by atoms with Crippen LogP contribution in [0.4, 0.5) is 18.9 Å². The molecule has 2 aromatic rings. The number of likely N-dealkylation sites (tertiary alicyclic amines) is 2. The van der Waals surface area contributed by atoms with Crippen molar-refractivity contribution in [3.8, 4) is 0 Å². The van der Waals surface area contributed by atoms with Gasteiger partial charge in [0.25, 0.3) is 0 Å². The third-order valence-electron chi connectivity index (χ3n) is 9.50. The van der Waals surface area contributed by atoms with Gasteiger partial charge in [-0.3, -0.25) is 9.59 Å². The molecule has 13 heteroatoms. The van der Waals surface area contributed by atoms with Crippen molar-refractivity contribution >= 4 is 17.5 Å². The maximum absolute atomic E-state index is 13.0. The predicted octanol–water partition coefficient (Wildman–Crippen LogP) is 4.30. The zero-order valence-electron chi connectivity index (χ0n) is 25.7. The first-order valence-electron chi connectivity index (χ1n) is 15.8. The van der Waals surface area contributed by atoms with Gasteiger partial charge in [-0.2, -0.15) is 13.2 Å². The molecular weight excluding hydrogens is 607 g/mol. The number of anilines is 1. The summed E-state index contributed by atoms with van der Waals surface area (Å²) in [6.07, 6.45) is -4.18. The highest BCUT2D eigenvalue weighted by Gasteiger charge is 2.48. The van der Waals surface area contributed by atoms with Crippen molar-refractivity contribution in [3.05, 3.63) is 65.2 Å². The van der Waals surface area contributed by atoms with Crippen LogP contribution in [0.25, 0.3) is 0 Å². The number of halogens is 3. The lowest BCUT2D eigenvalue weighted by Gasteiger charge is -2.44. The minimum atomic E-state index is -5.03. The van der Waals surface area contributed by atoms with Gasteiger partial charge in [-0.1, -0.05) is 43.3 Å². The Bertz CT molecular complexity index is 1360. The van der Waals surface area contributed by atoms with Gasteiger partial charge in [0.15, 0.2) is 12.1 Å². The summed E-state index contributed by atoms with van der Waals surface area (Å²) in [5, 5.41) is 12.2. The third kappa shape index (κ3) is 7.09. The van der Waals surface area contributed by atoms with Crippen molar-refractivity contribution < 1.29 is 46.8 Å². The Morgan fingerprint density at radius 2 is 1.61 bits per heavy atom. The van der Waals surface area contributed by atoms with Crippen LogP contribution in [0.1, 0.15) is 61.7 Å². The highest BCUT2D eigenvalue weighted by molar-refractivity contribution is 5.98. The molecule has 0 bridgehead atoms. The van der Waals surface area contributed by atoms with E-state index in [1.54, 1.807) is 24.3 Å². The number of alkyl halides is 3. The van der Waals surface area contributed by atoms with Gasteiger partial charge in [-0.15, -0.1) is 0 Å². The molecule has 2 aromatic carbocycles. The lowest BCUT2D eigenvalue weighted by molar-refractivity contribution is -0.278. The molecule has 0 radical (unpaired) electrons. The van der Waals surface area contributed by atoms with Crippen LogP contribution < -0.4 is 5.32 Å². The first-order chi connectivity index (χ1) is 22.0. The number of aliphatic hydroxyl groups is 1. The number of hydrogen-bond donors (Lipinski definition) is 2. The number of carbonyl (C=O) groups is 2. The molecule has 2 amide bonds. The van der Waals surface area contributed by atoms with E-state index in [1.807, 2.05) is 24.3 Å². The molecule has 46 heavy (non-hydrogen) atoms. The minimum Gasteiger partial charge on any atom is -0.392 e. The second-order valence-corrected chi connectivity index (χ2v) is 12.5. The summed E-state index contributed by atoms with van der Waals surface area (Å²) in [5.41, 5.74) is 2.87. The van der Waals surface area contributed by atoms with Crippen LogP contribution in [0.2, 0.25) is 0 Å². The molecule has 4 saturated heterocycles. The fourth-order valence-electron chi connectivity index (χ4n) is 6.84. The number of carbonyl (C=O) groups excluding carboxylic acids is 2. The summed E-state index contributed by atoms with van der Waals surface area (Å²) in [6, 6.07) is 13.3. The third-order valence-corrected chi connectivity index (χ3v) is 9.50. The number of aliphatic hydroxyl groups excluding tert-OH is 1. The van der Waals surface area contributed by atoms with Gasteiger partial charge in [0.2, 0.25) is 5.91 Å². The Balaban J connectivity index is 1.15. The van der Waals surface area contributed by atoms with Crippen LogP contribution in [0, 0.1) is 5.92 Å². The Kier molecular flexibility index (Phi) is 9.70. The molecule has 4 fully saturated rings. The topological polar surface area (TPSA) is 110 Å². The van der Waals surface area contributed by atoms with Gasteiger partial charge in [-0.25, -0.2) is 0 Å². The van der Waals surface area contributed by atoms with Gasteiger partial charge in [0.05, 0.1) is 32.0 Å². The summed E-state index contributed by atoms with van der Waals surface area (Å²) < 4.78 is 64.0. The largest absolute Gasteiger partial charge is 0.471 e. The first-order valence-corrected chi connectivity index (χ1v) is 15.8. The van der Waals surface area contributed by atoms with Gasteiger partial charge < -0.3 is 39.2 Å². The molecule has 5 atom stereocenters. The Morgan fingerprint density at radius 3 is 2.24 bits per heavy atom. The fraction of sp³-hybridized carbons (Fsp3) is 0.576. The van der Waals surface area contributed by atoms with Crippen LogP contribution in [-0.4, -0.2) is 90.2 Å². The molecule has 0 aromatic heterocycles. The van der Waals surface area contributed by atoms with Crippen LogP contribution >= 0.6 is 0 Å². The van der Waals surface area contributed by atoms with Gasteiger partial charge in [0, 0.05) is 56.2 Å². The van der Waals surface area contributed by atoms with Crippen LogP contribution in [0.3, 0.4) is 0 Å². The molecule has 4 aliphatic rings. The van der Waals surface area contributed by atoms with Crippen LogP contribution in [-0.2, 0) is 35.1 Å². The summed E-state index contributed by atoms with van der Waals surface area (Å²) in [5.74, 6) is -3.14. The SMILES string of the molecule is C[C@H]1[C@@H](CN2CCC3(CC2)OCCO3)O[C@@H](c2ccc(NC(=O)[C@@H]3CCCN3C(=O)C(F)(F)F)cc2)O[C@H]1c1ccc(CO)cc1. The number of hydrogen-bond acceptors (Lipinski definition) is 8. The molecule has 10 nitrogen and oxygen atoms in total. The van der Waals surface area contributed by atoms with Crippen molar-refractivity contribution in [1.29, 1.82) is 0 Å². The molecule has 1 spiro atoms. The van der Waals surface area contributed by atoms with Gasteiger partial charge >= 0.3 is 12.1 Å². The summed E-state index contributed by atoms with van der Waals surface area (Å²) in [4.78, 5) is 27.7. The number of amides is 2. The normalized spacial score (nSPS) is 28.5. The molecule has 2 N–H and O–H groups in total. The number of nitrogens with zero attached hydrogens (tertiary/aromatic N) is 2. The first kappa shape index (κ1) is 32.9. The van der Waals surface area contributed by atoms with Crippen molar-refractivity contribution in [3.63, 3.8) is 0 Å². The highest BCUT2D eigenvalue weighted by atomic mass is 19.4. The second kappa shape index (κ2) is 13.6. The van der Waals surface area contributed by atoms with E-state index in [9.17, 15) is 27.9 Å². The predicted molar refractivity (Wildman–Crippen MR) is 159 cm³/mol. The number of ether oxygens (including phenoxy) is 4.